The first-order valence-electron chi connectivity index (χ1n) is 4.46. The van der Waals surface area contributed by atoms with Gasteiger partial charge in [0.2, 0.25) is 0 Å². The van der Waals surface area contributed by atoms with Crippen molar-refractivity contribution in [1.82, 2.24) is 0 Å². The van der Waals surface area contributed by atoms with Gasteiger partial charge in [-0.05, 0) is 38.0 Å². The molecule has 1 nitrogen and oxygen atoms in total. The summed E-state index contributed by atoms with van der Waals surface area (Å²) in [7, 11) is 0. The third kappa shape index (κ3) is 3.37. The summed E-state index contributed by atoms with van der Waals surface area (Å²) in [5, 5.41) is 0.813. The Kier molecular flexibility index (Phi) is 3.76. The minimum Gasteiger partial charge on any atom is -0.374 e. The first-order valence-corrected chi connectivity index (χ1v) is 4.84. The molecule has 0 aliphatic rings. The van der Waals surface area contributed by atoms with Crippen molar-refractivity contribution in [3.05, 3.63) is 34.3 Å². The Bertz CT molecular complexity index is 281. The van der Waals surface area contributed by atoms with E-state index in [1.807, 2.05) is 32.9 Å². The van der Waals surface area contributed by atoms with E-state index in [0.29, 0.717) is 6.61 Å². The Morgan fingerprint density at radius 3 is 2.62 bits per heavy atom. The molecule has 0 fully saturated rings. The van der Waals surface area contributed by atoms with Gasteiger partial charge in [-0.25, -0.2) is 0 Å². The number of hydrogen-bond donors (Lipinski definition) is 0. The smallest absolute Gasteiger partial charge is 0.0720 e. The topological polar surface area (TPSA) is 9.23 Å². The minimum absolute atomic E-state index is 0.274. The zero-order valence-electron chi connectivity index (χ0n) is 8.30. The number of hydrogen-bond acceptors (Lipinski definition) is 1. The van der Waals surface area contributed by atoms with Crippen LogP contribution < -0.4 is 0 Å². The fraction of sp³-hybridized carbons (Fsp3) is 0.455. The van der Waals surface area contributed by atoms with Crippen LogP contribution in [-0.4, -0.2) is 6.10 Å². The van der Waals surface area contributed by atoms with Gasteiger partial charge in [-0.15, -0.1) is 0 Å². The Hall–Kier alpha value is -0.530. The molecular weight excluding hydrogens is 184 g/mol. The molecule has 1 rings (SSSR count). The van der Waals surface area contributed by atoms with Crippen molar-refractivity contribution in [2.75, 3.05) is 0 Å². The van der Waals surface area contributed by atoms with Gasteiger partial charge in [-0.2, -0.15) is 0 Å². The molecule has 0 aliphatic carbocycles. The normalized spacial score (nSPS) is 10.8. The number of rotatable bonds is 3. The van der Waals surface area contributed by atoms with Crippen LogP contribution in [0.3, 0.4) is 0 Å². The Balaban J connectivity index is 2.63. The zero-order valence-corrected chi connectivity index (χ0v) is 9.06. The lowest BCUT2D eigenvalue weighted by atomic mass is 10.1. The van der Waals surface area contributed by atoms with E-state index < -0.39 is 0 Å². The summed E-state index contributed by atoms with van der Waals surface area (Å²) in [5.74, 6) is 0. The summed E-state index contributed by atoms with van der Waals surface area (Å²) < 4.78 is 5.48. The van der Waals surface area contributed by atoms with E-state index in [4.69, 9.17) is 16.3 Å². The van der Waals surface area contributed by atoms with E-state index in [-0.39, 0.29) is 6.10 Å². The summed E-state index contributed by atoms with van der Waals surface area (Å²) in [4.78, 5) is 0. The monoisotopic (exact) mass is 198 g/mol. The van der Waals surface area contributed by atoms with Crippen molar-refractivity contribution in [3.8, 4) is 0 Å². The summed E-state index contributed by atoms with van der Waals surface area (Å²) >= 11 is 5.90. The highest BCUT2D eigenvalue weighted by molar-refractivity contribution is 6.31. The van der Waals surface area contributed by atoms with Gasteiger partial charge in [0.1, 0.15) is 0 Å². The lowest BCUT2D eigenvalue weighted by molar-refractivity contribution is 0.0657. The van der Waals surface area contributed by atoms with Crippen LogP contribution in [0, 0.1) is 6.92 Å². The van der Waals surface area contributed by atoms with Gasteiger partial charge in [0.15, 0.2) is 0 Å². The maximum Gasteiger partial charge on any atom is 0.0720 e. The SMILES string of the molecule is Cc1cc(COC(C)C)ccc1Cl. The summed E-state index contributed by atoms with van der Waals surface area (Å²) in [6.45, 7) is 6.72. The van der Waals surface area contributed by atoms with Gasteiger partial charge in [0.25, 0.3) is 0 Å². The number of benzene rings is 1. The van der Waals surface area contributed by atoms with Crippen LogP contribution in [0.1, 0.15) is 25.0 Å². The lowest BCUT2D eigenvalue weighted by Crippen LogP contribution is -2.02. The molecule has 72 valence electrons. The molecule has 0 saturated carbocycles. The molecule has 0 saturated heterocycles. The lowest BCUT2D eigenvalue weighted by Gasteiger charge is -2.08. The van der Waals surface area contributed by atoms with Crippen molar-refractivity contribution in [2.45, 2.75) is 33.5 Å². The molecule has 2 heteroatoms. The van der Waals surface area contributed by atoms with Crippen molar-refractivity contribution < 1.29 is 4.74 Å². The Morgan fingerprint density at radius 1 is 1.38 bits per heavy atom. The fourth-order valence-corrected chi connectivity index (χ4v) is 1.18. The van der Waals surface area contributed by atoms with Crippen LogP contribution in [0.25, 0.3) is 0 Å². The quantitative estimate of drug-likeness (QED) is 0.722. The fourth-order valence-electron chi connectivity index (χ4n) is 1.06. The van der Waals surface area contributed by atoms with Gasteiger partial charge in [0, 0.05) is 5.02 Å². The number of halogens is 1. The van der Waals surface area contributed by atoms with Gasteiger partial charge in [0.05, 0.1) is 12.7 Å². The number of aryl methyl sites for hydroxylation is 1. The Morgan fingerprint density at radius 2 is 2.08 bits per heavy atom. The highest BCUT2D eigenvalue weighted by Gasteiger charge is 1.99. The van der Waals surface area contributed by atoms with E-state index in [0.717, 1.165) is 10.6 Å². The molecule has 0 unspecified atom stereocenters. The summed E-state index contributed by atoms with van der Waals surface area (Å²) in [6, 6.07) is 5.97. The highest BCUT2D eigenvalue weighted by atomic mass is 35.5. The minimum atomic E-state index is 0.274. The first kappa shape index (κ1) is 10.6. The molecule has 0 atom stereocenters. The van der Waals surface area contributed by atoms with Gasteiger partial charge < -0.3 is 4.74 Å². The average Bonchev–Trinajstić information content (AvgIpc) is 2.07. The van der Waals surface area contributed by atoms with E-state index >= 15 is 0 Å². The number of ether oxygens (including phenoxy) is 1. The molecule has 0 aromatic heterocycles. The first-order chi connectivity index (χ1) is 6.09. The van der Waals surface area contributed by atoms with Crippen LogP contribution >= 0.6 is 11.6 Å². The molecule has 0 aliphatic heterocycles. The van der Waals surface area contributed by atoms with E-state index in [1.54, 1.807) is 0 Å². The van der Waals surface area contributed by atoms with Crippen molar-refractivity contribution >= 4 is 11.6 Å². The standard InChI is InChI=1S/C11H15ClO/c1-8(2)13-7-10-4-5-11(12)9(3)6-10/h4-6,8H,7H2,1-3H3. The molecular formula is C11H15ClO. The molecule has 0 heterocycles. The molecule has 0 amide bonds. The molecule has 1 aromatic rings. The molecule has 13 heavy (non-hydrogen) atoms. The van der Waals surface area contributed by atoms with Crippen LogP contribution in [0.4, 0.5) is 0 Å². The predicted octanol–water partition coefficient (Wildman–Crippen LogP) is 3.57. The van der Waals surface area contributed by atoms with Crippen molar-refractivity contribution in [2.24, 2.45) is 0 Å². The van der Waals surface area contributed by atoms with Gasteiger partial charge in [-0.3, -0.25) is 0 Å². The predicted molar refractivity (Wildman–Crippen MR) is 56.1 cm³/mol. The summed E-state index contributed by atoms with van der Waals surface area (Å²) in [6.07, 6.45) is 0.274. The largest absolute Gasteiger partial charge is 0.374 e. The Labute approximate surface area is 84.7 Å². The second-order valence-corrected chi connectivity index (χ2v) is 3.85. The summed E-state index contributed by atoms with van der Waals surface area (Å²) in [5.41, 5.74) is 2.28. The molecule has 1 aromatic carbocycles. The second-order valence-electron chi connectivity index (χ2n) is 3.44. The van der Waals surface area contributed by atoms with E-state index in [1.165, 1.54) is 5.56 Å². The molecule has 0 bridgehead atoms. The zero-order chi connectivity index (χ0) is 9.84. The average molecular weight is 199 g/mol. The van der Waals surface area contributed by atoms with Crippen LogP contribution in [0.15, 0.2) is 18.2 Å². The van der Waals surface area contributed by atoms with Gasteiger partial charge >= 0.3 is 0 Å². The third-order valence-electron chi connectivity index (χ3n) is 1.81. The highest BCUT2D eigenvalue weighted by Crippen LogP contribution is 2.16. The van der Waals surface area contributed by atoms with Crippen LogP contribution in [-0.2, 0) is 11.3 Å². The molecule has 0 N–H and O–H groups in total. The molecule has 0 spiro atoms. The third-order valence-corrected chi connectivity index (χ3v) is 2.23. The van der Waals surface area contributed by atoms with Gasteiger partial charge in [-0.1, -0.05) is 23.7 Å². The van der Waals surface area contributed by atoms with Crippen molar-refractivity contribution in [3.63, 3.8) is 0 Å². The van der Waals surface area contributed by atoms with Crippen LogP contribution in [0.2, 0.25) is 5.02 Å². The van der Waals surface area contributed by atoms with Crippen molar-refractivity contribution in [1.29, 1.82) is 0 Å². The second kappa shape index (κ2) is 4.64. The molecule has 0 radical (unpaired) electrons. The van der Waals surface area contributed by atoms with E-state index in [2.05, 4.69) is 6.07 Å². The maximum absolute atomic E-state index is 5.90. The van der Waals surface area contributed by atoms with Crippen LogP contribution in [0.5, 0.6) is 0 Å². The maximum atomic E-state index is 5.90. The van der Waals surface area contributed by atoms with E-state index in [9.17, 15) is 0 Å².